The lowest BCUT2D eigenvalue weighted by Gasteiger charge is -2.39. The Morgan fingerprint density at radius 3 is 1.51 bits per heavy atom. The molecule has 0 saturated carbocycles. The van der Waals surface area contributed by atoms with E-state index in [1.807, 2.05) is 54.6 Å². The van der Waals surface area contributed by atoms with Crippen molar-refractivity contribution in [3.8, 4) is 23.4 Å². The van der Waals surface area contributed by atoms with Crippen molar-refractivity contribution in [3.63, 3.8) is 0 Å². The van der Waals surface area contributed by atoms with Crippen molar-refractivity contribution < 1.29 is 8.23 Å². The van der Waals surface area contributed by atoms with E-state index in [1.165, 1.54) is 3.57 Å². The van der Waals surface area contributed by atoms with Crippen LogP contribution in [0, 0.1) is 27.0 Å². The van der Waals surface area contributed by atoms with Crippen LogP contribution in [0.15, 0.2) is 115 Å². The molecule has 0 aliphatic rings. The standard InChI is InChI=1S/C31H29IO2Si3/c1-5-35(2,29-15-9-6-10-16-29)33-37(4,31-19-13-8-14-20-31)34-36(3,30-17-11-7-12-18-30)26-25-27-21-23-28(32)24-22-27/h1,6-24H,2-4H3. The number of terminal acetylenes is 1. The van der Waals surface area contributed by atoms with Gasteiger partial charge >= 0.3 is 8.56 Å². The molecule has 0 saturated heterocycles. The molecule has 4 aromatic carbocycles. The van der Waals surface area contributed by atoms with Crippen LogP contribution in [0.4, 0.5) is 0 Å². The zero-order valence-electron chi connectivity index (χ0n) is 21.2. The summed E-state index contributed by atoms with van der Waals surface area (Å²) in [6, 6.07) is 39.0. The van der Waals surface area contributed by atoms with E-state index in [1.54, 1.807) is 0 Å². The summed E-state index contributed by atoms with van der Waals surface area (Å²) in [7, 11) is -8.65. The lowest BCUT2D eigenvalue weighted by molar-refractivity contribution is 0.417. The van der Waals surface area contributed by atoms with Crippen molar-refractivity contribution in [1.29, 1.82) is 0 Å². The summed E-state index contributed by atoms with van der Waals surface area (Å²) in [6.45, 7) is 6.37. The number of hydrogen-bond acceptors (Lipinski definition) is 2. The van der Waals surface area contributed by atoms with Crippen LogP contribution in [0.5, 0.6) is 0 Å². The van der Waals surface area contributed by atoms with E-state index in [4.69, 9.17) is 14.7 Å². The van der Waals surface area contributed by atoms with Crippen LogP contribution < -0.4 is 15.6 Å². The molecule has 0 fully saturated rings. The third-order valence-corrected chi connectivity index (χ3v) is 18.8. The molecule has 0 N–H and O–H groups in total. The summed E-state index contributed by atoms with van der Waals surface area (Å²) in [5, 5.41) is 3.21. The van der Waals surface area contributed by atoms with Gasteiger partial charge in [0.05, 0.1) is 0 Å². The number of hydrogen-bond donors (Lipinski definition) is 0. The van der Waals surface area contributed by atoms with Gasteiger partial charge in [-0.25, -0.2) is 0 Å². The van der Waals surface area contributed by atoms with Gasteiger partial charge in [0.1, 0.15) is 0 Å². The first-order chi connectivity index (χ1) is 17.8. The molecule has 2 nitrogen and oxygen atoms in total. The molecule has 184 valence electrons. The molecule has 0 heterocycles. The molecule has 0 aliphatic carbocycles. The highest BCUT2D eigenvalue weighted by molar-refractivity contribution is 14.1. The number of benzene rings is 4. The monoisotopic (exact) mass is 644 g/mol. The minimum atomic E-state index is -3.05. The second-order valence-electron chi connectivity index (χ2n) is 9.22. The van der Waals surface area contributed by atoms with E-state index in [2.05, 4.69) is 120 Å². The summed E-state index contributed by atoms with van der Waals surface area (Å²) < 4.78 is 15.6. The van der Waals surface area contributed by atoms with Crippen LogP contribution in [-0.2, 0) is 8.23 Å². The maximum atomic E-state index is 7.28. The van der Waals surface area contributed by atoms with E-state index < -0.39 is 25.2 Å². The van der Waals surface area contributed by atoms with Gasteiger partial charge in [-0.05, 0) is 82.1 Å². The summed E-state index contributed by atoms with van der Waals surface area (Å²) in [5.41, 5.74) is 7.63. The highest BCUT2D eigenvalue weighted by Crippen LogP contribution is 2.21. The fourth-order valence-corrected chi connectivity index (χ4v) is 16.8. The third kappa shape index (κ3) is 6.60. The Morgan fingerprint density at radius 2 is 1.03 bits per heavy atom. The fraction of sp³-hybridized carbons (Fsp3) is 0.0968. The number of rotatable bonds is 7. The molecule has 6 heteroatoms. The Hall–Kier alpha value is -2.70. The van der Waals surface area contributed by atoms with Crippen LogP contribution in [0.2, 0.25) is 19.6 Å². The first-order valence-electron chi connectivity index (χ1n) is 12.1. The molecule has 3 atom stereocenters. The van der Waals surface area contributed by atoms with Crippen molar-refractivity contribution in [2.45, 2.75) is 19.6 Å². The normalized spacial score (nSPS) is 15.6. The predicted molar refractivity (Wildman–Crippen MR) is 170 cm³/mol. The lowest BCUT2D eigenvalue weighted by Crippen LogP contribution is -2.67. The Balaban J connectivity index is 1.83. The van der Waals surface area contributed by atoms with E-state index in [0.717, 1.165) is 21.1 Å². The molecule has 0 spiro atoms. The van der Waals surface area contributed by atoms with Crippen LogP contribution in [0.1, 0.15) is 5.56 Å². The lowest BCUT2D eigenvalue weighted by atomic mass is 10.2. The van der Waals surface area contributed by atoms with E-state index in [-0.39, 0.29) is 0 Å². The topological polar surface area (TPSA) is 18.5 Å². The SMILES string of the molecule is C#C[Si](C)(O[Si](C)(O[Si](C)(C#Cc1ccc(I)cc1)c1ccccc1)c1ccccc1)c1ccccc1. The predicted octanol–water partition coefficient (Wildman–Crippen LogP) is 5.33. The average Bonchev–Trinajstić information content (AvgIpc) is 2.94. The molecular weight excluding hydrogens is 616 g/mol. The molecule has 4 rings (SSSR count). The van der Waals surface area contributed by atoms with Crippen LogP contribution >= 0.6 is 22.6 Å². The van der Waals surface area contributed by atoms with Crippen molar-refractivity contribution in [2.75, 3.05) is 0 Å². The summed E-state index contributed by atoms with van der Waals surface area (Å²) in [5.74, 6) is 3.41. The van der Waals surface area contributed by atoms with E-state index >= 15 is 0 Å². The highest BCUT2D eigenvalue weighted by atomic mass is 127. The van der Waals surface area contributed by atoms with Gasteiger partial charge in [0.15, 0.2) is 0 Å². The first kappa shape index (κ1) is 27.3. The fourth-order valence-electron chi connectivity index (χ4n) is 4.22. The molecule has 37 heavy (non-hydrogen) atoms. The smallest absolute Gasteiger partial charge is 0.350 e. The van der Waals surface area contributed by atoms with Gasteiger partial charge in [0.2, 0.25) is 0 Å². The summed E-state index contributed by atoms with van der Waals surface area (Å²) in [6.07, 6.45) is 6.18. The van der Waals surface area contributed by atoms with Gasteiger partial charge in [0, 0.05) is 9.13 Å². The molecule has 4 aromatic rings. The molecule has 0 amide bonds. The van der Waals surface area contributed by atoms with Gasteiger partial charge in [-0.1, -0.05) is 108 Å². The van der Waals surface area contributed by atoms with E-state index in [9.17, 15) is 0 Å². The average molecular weight is 645 g/mol. The van der Waals surface area contributed by atoms with Crippen molar-refractivity contribution in [1.82, 2.24) is 0 Å². The minimum absolute atomic E-state index is 0.967. The molecule has 0 radical (unpaired) electrons. The maximum absolute atomic E-state index is 7.28. The van der Waals surface area contributed by atoms with Crippen molar-refractivity contribution >= 4 is 63.3 Å². The van der Waals surface area contributed by atoms with Crippen molar-refractivity contribution in [3.05, 3.63) is 124 Å². The largest absolute Gasteiger partial charge is 0.420 e. The van der Waals surface area contributed by atoms with Crippen LogP contribution in [-0.4, -0.2) is 25.2 Å². The summed E-state index contributed by atoms with van der Waals surface area (Å²) in [4.78, 5) is 0. The zero-order chi connectivity index (χ0) is 26.4. The second kappa shape index (κ2) is 11.8. The van der Waals surface area contributed by atoms with Gasteiger partial charge in [-0.3, -0.25) is 0 Å². The Kier molecular flexibility index (Phi) is 8.71. The Labute approximate surface area is 237 Å². The minimum Gasteiger partial charge on any atom is -0.420 e. The second-order valence-corrected chi connectivity index (χ2v) is 20.4. The number of halogens is 1. The van der Waals surface area contributed by atoms with Gasteiger partial charge in [-0.2, -0.15) is 0 Å². The van der Waals surface area contributed by atoms with Crippen LogP contribution in [0.3, 0.4) is 0 Å². The molecule has 0 aromatic heterocycles. The third-order valence-electron chi connectivity index (χ3n) is 6.31. The highest BCUT2D eigenvalue weighted by Gasteiger charge is 2.48. The first-order valence-corrected chi connectivity index (χ1v) is 20.3. The Morgan fingerprint density at radius 1 is 0.595 bits per heavy atom. The molecule has 0 aliphatic heterocycles. The van der Waals surface area contributed by atoms with E-state index in [0.29, 0.717) is 0 Å². The van der Waals surface area contributed by atoms with Gasteiger partial charge in [0.25, 0.3) is 16.6 Å². The molecule has 0 bridgehead atoms. The quantitative estimate of drug-likeness (QED) is 0.154. The van der Waals surface area contributed by atoms with Crippen LogP contribution in [0.25, 0.3) is 0 Å². The van der Waals surface area contributed by atoms with Gasteiger partial charge in [-0.15, -0.1) is 6.42 Å². The zero-order valence-corrected chi connectivity index (χ0v) is 26.4. The summed E-state index contributed by atoms with van der Waals surface area (Å²) >= 11 is 2.31. The molecule has 3 unspecified atom stereocenters. The van der Waals surface area contributed by atoms with Gasteiger partial charge < -0.3 is 8.23 Å². The van der Waals surface area contributed by atoms with Crippen molar-refractivity contribution in [2.24, 2.45) is 0 Å². The molecular formula is C31H29IO2Si3. The maximum Gasteiger partial charge on any atom is 0.350 e. The Bertz CT molecular complexity index is 1430.